The number of ether oxygens (including phenoxy) is 4. The number of hydrogen-bond acceptors (Lipinski definition) is 7. The summed E-state index contributed by atoms with van der Waals surface area (Å²) in [6, 6.07) is 0. The lowest BCUT2D eigenvalue weighted by atomic mass is 10.0. The Morgan fingerprint density at radius 2 is 0.588 bits per heavy atom. The molecule has 0 aromatic rings. The Morgan fingerprint density at radius 1 is 0.320 bits per heavy atom. The standard InChI is InChI=1S/C88H165NO8/c1-6-8-10-12-14-16-18-20-22-24-26-28-30-32-34-36-38-40-41-42-43-44-45-47-48-50-52-54-56-58-60-62-64-66-68-70-72-74-76-78-85(90)95-82-84(83-96-88(87(92)93)94-81-80-89(3,4)5)97-86(91)79-77-75-73-71-69-67-65-63-61-59-57-55-53-51-49-46-39-37-35-33-31-29-27-25-23-21-19-17-15-13-11-9-7-2/h9,11,15,17,21,23,27,29,84,88H,6-8,10,12-14,16,18-20,22,24-26,28,30-83H2,1-5H3/p+1/b11-9-,17-15-,23-21-,29-27-. The van der Waals surface area contributed by atoms with Crippen LogP contribution in [0.4, 0.5) is 0 Å². The topological polar surface area (TPSA) is 108 Å². The van der Waals surface area contributed by atoms with Crippen molar-refractivity contribution < 1.29 is 42.9 Å². The Kier molecular flexibility index (Phi) is 76.7. The van der Waals surface area contributed by atoms with Crippen LogP contribution in [0.25, 0.3) is 0 Å². The van der Waals surface area contributed by atoms with Crippen LogP contribution < -0.4 is 0 Å². The van der Waals surface area contributed by atoms with Crippen molar-refractivity contribution in [2.75, 3.05) is 47.5 Å². The highest BCUT2D eigenvalue weighted by molar-refractivity contribution is 5.71. The minimum atomic E-state index is -1.51. The lowest BCUT2D eigenvalue weighted by molar-refractivity contribution is -0.870. The molecule has 0 saturated heterocycles. The van der Waals surface area contributed by atoms with Crippen LogP contribution in [0.5, 0.6) is 0 Å². The monoisotopic (exact) mass is 1370 g/mol. The zero-order valence-electron chi connectivity index (χ0n) is 65.5. The van der Waals surface area contributed by atoms with Gasteiger partial charge in [0.25, 0.3) is 6.29 Å². The zero-order valence-corrected chi connectivity index (χ0v) is 65.5. The first-order valence-electron chi connectivity index (χ1n) is 42.8. The average molecular weight is 1370 g/mol. The van der Waals surface area contributed by atoms with Gasteiger partial charge in [0.05, 0.1) is 34.4 Å². The summed E-state index contributed by atoms with van der Waals surface area (Å²) >= 11 is 0. The van der Waals surface area contributed by atoms with Crippen molar-refractivity contribution in [1.82, 2.24) is 0 Å². The molecule has 0 aliphatic heterocycles. The molecule has 0 bridgehead atoms. The second-order valence-electron chi connectivity index (χ2n) is 30.5. The molecule has 0 radical (unpaired) electrons. The summed E-state index contributed by atoms with van der Waals surface area (Å²) in [5.74, 6) is -1.97. The van der Waals surface area contributed by atoms with E-state index >= 15 is 0 Å². The van der Waals surface area contributed by atoms with Gasteiger partial charge in [-0.3, -0.25) is 9.59 Å². The molecule has 0 fully saturated rings. The van der Waals surface area contributed by atoms with Crippen LogP contribution in [0, 0.1) is 0 Å². The lowest BCUT2D eigenvalue weighted by Gasteiger charge is -2.25. The molecule has 0 aromatic carbocycles. The van der Waals surface area contributed by atoms with Crippen LogP contribution in [-0.4, -0.2) is 87.4 Å². The van der Waals surface area contributed by atoms with E-state index in [0.717, 1.165) is 64.2 Å². The third kappa shape index (κ3) is 80.4. The maximum absolute atomic E-state index is 13.0. The van der Waals surface area contributed by atoms with E-state index in [-0.39, 0.29) is 38.2 Å². The highest BCUT2D eigenvalue weighted by Crippen LogP contribution is 2.21. The summed E-state index contributed by atoms with van der Waals surface area (Å²) < 4.78 is 23.1. The lowest BCUT2D eigenvalue weighted by Crippen LogP contribution is -2.40. The maximum atomic E-state index is 13.0. The Labute approximate surface area is 603 Å². The van der Waals surface area contributed by atoms with Gasteiger partial charge in [0.15, 0.2) is 6.10 Å². The molecule has 2 atom stereocenters. The molecular formula is C88H166NO8+. The van der Waals surface area contributed by atoms with Gasteiger partial charge in [-0.2, -0.15) is 0 Å². The predicted molar refractivity (Wildman–Crippen MR) is 420 cm³/mol. The predicted octanol–water partition coefficient (Wildman–Crippen LogP) is 27.6. The number of allylic oxidation sites excluding steroid dienone is 8. The summed E-state index contributed by atoms with van der Waals surface area (Å²) in [5.41, 5.74) is 0. The molecule has 0 saturated carbocycles. The molecule has 0 amide bonds. The van der Waals surface area contributed by atoms with Gasteiger partial charge in [-0.15, -0.1) is 0 Å². The third-order valence-electron chi connectivity index (χ3n) is 19.6. The number of unbranched alkanes of at least 4 members (excludes halogenated alkanes) is 58. The van der Waals surface area contributed by atoms with Crippen LogP contribution >= 0.6 is 0 Å². The van der Waals surface area contributed by atoms with Gasteiger partial charge >= 0.3 is 17.9 Å². The molecular weight excluding hydrogens is 1200 g/mol. The first-order valence-corrected chi connectivity index (χ1v) is 42.8. The van der Waals surface area contributed by atoms with E-state index in [1.54, 1.807) is 0 Å². The number of carboxylic acid groups (broad SMARTS) is 1. The fourth-order valence-corrected chi connectivity index (χ4v) is 13.1. The Bertz CT molecular complexity index is 1730. The number of nitrogens with zero attached hydrogens (tertiary/aromatic N) is 1. The molecule has 2 unspecified atom stereocenters. The Hall–Kier alpha value is -2.75. The minimum absolute atomic E-state index is 0.175. The molecule has 0 aliphatic carbocycles. The average Bonchev–Trinajstić information content (AvgIpc) is 2.59. The zero-order chi connectivity index (χ0) is 70.4. The summed E-state index contributed by atoms with van der Waals surface area (Å²) in [6.07, 6.45) is 102. The van der Waals surface area contributed by atoms with Gasteiger partial charge in [0.2, 0.25) is 0 Å². The van der Waals surface area contributed by atoms with Gasteiger partial charge in [-0.05, 0) is 51.4 Å². The summed E-state index contributed by atoms with van der Waals surface area (Å²) in [5, 5.41) is 9.78. The van der Waals surface area contributed by atoms with Crippen molar-refractivity contribution in [2.24, 2.45) is 0 Å². The number of likely N-dealkylation sites (N-methyl/N-ethyl adjacent to an activating group) is 1. The summed E-state index contributed by atoms with van der Waals surface area (Å²) in [6.45, 7) is 4.85. The highest BCUT2D eigenvalue weighted by atomic mass is 16.7. The molecule has 9 heteroatoms. The Morgan fingerprint density at radius 3 is 0.876 bits per heavy atom. The number of esters is 2. The minimum Gasteiger partial charge on any atom is -0.477 e. The van der Waals surface area contributed by atoms with Crippen molar-refractivity contribution in [3.63, 3.8) is 0 Å². The second-order valence-corrected chi connectivity index (χ2v) is 30.5. The number of quaternary nitrogens is 1. The second kappa shape index (κ2) is 79.0. The number of rotatable bonds is 81. The Balaban J connectivity index is 3.91. The molecule has 9 nitrogen and oxygen atoms in total. The molecule has 0 rings (SSSR count). The SMILES string of the molecule is CC/C=C\C/C=C\C/C=C\C/C=C\CCCCCCCCCCCCCCCCCCCCCCC(=O)OC(COC(=O)CCCCCCCCCCCCCCCCCCCCCCCCCCCCCCCCCCCCCCCCC)COC(OCC[N+](C)(C)C)C(=O)O. The number of carboxylic acids is 1. The first kappa shape index (κ1) is 94.2. The fourth-order valence-electron chi connectivity index (χ4n) is 13.1. The number of aliphatic carboxylic acids is 1. The summed E-state index contributed by atoms with van der Waals surface area (Å²) in [7, 11) is 6.00. The molecule has 97 heavy (non-hydrogen) atoms. The van der Waals surface area contributed by atoms with Crippen LogP contribution in [0.3, 0.4) is 0 Å². The van der Waals surface area contributed by atoms with Crippen molar-refractivity contribution in [1.29, 1.82) is 0 Å². The largest absolute Gasteiger partial charge is 0.477 e. The molecule has 0 heterocycles. The highest BCUT2D eigenvalue weighted by Gasteiger charge is 2.25. The van der Waals surface area contributed by atoms with Gasteiger partial charge in [-0.1, -0.05) is 422 Å². The van der Waals surface area contributed by atoms with Crippen molar-refractivity contribution in [2.45, 2.75) is 450 Å². The van der Waals surface area contributed by atoms with E-state index in [2.05, 4.69) is 62.5 Å². The van der Waals surface area contributed by atoms with Crippen LogP contribution in [0.15, 0.2) is 48.6 Å². The molecule has 0 spiro atoms. The normalized spacial score (nSPS) is 12.8. The van der Waals surface area contributed by atoms with Gasteiger partial charge in [0, 0.05) is 12.8 Å². The van der Waals surface area contributed by atoms with Crippen LogP contribution in [-0.2, 0) is 33.3 Å². The van der Waals surface area contributed by atoms with Crippen molar-refractivity contribution in [3.8, 4) is 0 Å². The maximum Gasteiger partial charge on any atom is 0.361 e. The number of carbonyl (C=O) groups is 3. The van der Waals surface area contributed by atoms with Gasteiger partial charge in [-0.25, -0.2) is 4.79 Å². The molecule has 570 valence electrons. The van der Waals surface area contributed by atoms with E-state index in [9.17, 15) is 19.5 Å². The third-order valence-corrected chi connectivity index (χ3v) is 19.6. The van der Waals surface area contributed by atoms with Crippen LogP contribution in [0.2, 0.25) is 0 Å². The first-order chi connectivity index (χ1) is 47.6. The molecule has 1 N–H and O–H groups in total. The molecule has 0 aliphatic rings. The number of carbonyl (C=O) groups excluding carboxylic acids is 2. The quantitative estimate of drug-likeness (QED) is 0.0211. The summed E-state index contributed by atoms with van der Waals surface area (Å²) in [4.78, 5) is 37.8. The van der Waals surface area contributed by atoms with Crippen LogP contribution in [0.1, 0.15) is 438 Å². The van der Waals surface area contributed by atoms with E-state index in [4.69, 9.17) is 18.9 Å². The smallest absolute Gasteiger partial charge is 0.361 e. The van der Waals surface area contributed by atoms with E-state index < -0.39 is 18.4 Å². The van der Waals surface area contributed by atoms with E-state index in [0.29, 0.717) is 17.4 Å². The molecule has 0 aromatic heterocycles. The van der Waals surface area contributed by atoms with Crippen molar-refractivity contribution in [3.05, 3.63) is 48.6 Å². The van der Waals surface area contributed by atoms with E-state index in [1.807, 2.05) is 21.1 Å². The van der Waals surface area contributed by atoms with Crippen molar-refractivity contribution >= 4 is 17.9 Å². The fraction of sp³-hybridized carbons (Fsp3) is 0.875. The number of hydrogen-bond donors (Lipinski definition) is 1. The van der Waals surface area contributed by atoms with Gasteiger partial charge in [0.1, 0.15) is 13.2 Å². The van der Waals surface area contributed by atoms with E-state index in [1.165, 1.54) is 347 Å². The van der Waals surface area contributed by atoms with Gasteiger partial charge < -0.3 is 28.5 Å².